The molecule has 2 aromatic rings. The van der Waals surface area contributed by atoms with Gasteiger partial charge in [0, 0.05) is 11.6 Å². The van der Waals surface area contributed by atoms with Crippen LogP contribution in [0.2, 0.25) is 5.02 Å². The third-order valence-corrected chi connectivity index (χ3v) is 5.37. The number of nitrogens with zero attached hydrogens (tertiary/aromatic N) is 1. The number of benzene rings is 2. The third kappa shape index (κ3) is 8.85. The summed E-state index contributed by atoms with van der Waals surface area (Å²) in [6.45, 7) is 3.91. The smallest absolute Gasteiger partial charge is 0.305 e. The molecule has 0 bridgehead atoms. The molecule has 0 amide bonds. The number of hydrogen-bond donors (Lipinski definition) is 0. The molecule has 0 spiro atoms. The Labute approximate surface area is 183 Å². The standard InChI is InChI=1S/C20H24ClNO6S2/c1-16(28-30(3,25)26)13-22(14-17-7-5-4-6-8-17)20(15-27-29(2,23)24)18-9-11-19(21)12-10-18/h4-12,20H,1,13-15H2,2-3H3/t20-/m0/s1. The molecular formula is C20H24ClNO6S2. The fourth-order valence-corrected chi connectivity index (χ4v) is 3.83. The molecule has 0 radical (unpaired) electrons. The van der Waals surface area contributed by atoms with Gasteiger partial charge in [0.2, 0.25) is 0 Å². The van der Waals surface area contributed by atoms with Crippen molar-refractivity contribution in [2.24, 2.45) is 0 Å². The molecule has 0 heterocycles. The predicted molar refractivity (Wildman–Crippen MR) is 117 cm³/mol. The minimum atomic E-state index is -3.74. The molecule has 164 valence electrons. The molecule has 0 aliphatic rings. The minimum Gasteiger partial charge on any atom is -0.386 e. The van der Waals surface area contributed by atoms with E-state index in [1.54, 1.807) is 24.3 Å². The Kier molecular flexibility index (Phi) is 8.45. The Hall–Kier alpha value is -1.91. The van der Waals surface area contributed by atoms with Crippen LogP contribution in [0.5, 0.6) is 0 Å². The van der Waals surface area contributed by atoms with Gasteiger partial charge in [-0.2, -0.15) is 16.8 Å². The van der Waals surface area contributed by atoms with Crippen molar-refractivity contribution in [3.8, 4) is 0 Å². The van der Waals surface area contributed by atoms with Crippen LogP contribution >= 0.6 is 11.6 Å². The molecule has 30 heavy (non-hydrogen) atoms. The third-order valence-electron chi connectivity index (χ3n) is 4.01. The molecule has 2 rings (SSSR count). The molecule has 0 aromatic heterocycles. The zero-order chi connectivity index (χ0) is 22.4. The molecule has 0 saturated carbocycles. The van der Waals surface area contributed by atoms with Crippen LogP contribution < -0.4 is 0 Å². The van der Waals surface area contributed by atoms with Crippen molar-refractivity contribution in [1.82, 2.24) is 4.90 Å². The normalized spacial score (nSPS) is 13.2. The summed E-state index contributed by atoms with van der Waals surface area (Å²) < 4.78 is 56.2. The second-order valence-electron chi connectivity index (χ2n) is 6.77. The first-order valence-corrected chi connectivity index (χ1v) is 12.9. The van der Waals surface area contributed by atoms with Crippen LogP contribution in [-0.2, 0) is 35.1 Å². The van der Waals surface area contributed by atoms with Crippen LogP contribution in [0.3, 0.4) is 0 Å². The highest BCUT2D eigenvalue weighted by molar-refractivity contribution is 7.86. The van der Waals surface area contributed by atoms with Gasteiger partial charge in [0.05, 0.1) is 31.7 Å². The van der Waals surface area contributed by atoms with Gasteiger partial charge in [-0.1, -0.05) is 60.6 Å². The second-order valence-corrected chi connectivity index (χ2v) is 10.4. The fraction of sp³-hybridized carbons (Fsp3) is 0.300. The van der Waals surface area contributed by atoms with Crippen molar-refractivity contribution in [2.75, 3.05) is 25.7 Å². The van der Waals surface area contributed by atoms with Crippen molar-refractivity contribution in [1.29, 1.82) is 0 Å². The Bertz CT molecular complexity index is 1050. The summed E-state index contributed by atoms with van der Waals surface area (Å²) >= 11 is 5.99. The van der Waals surface area contributed by atoms with Gasteiger partial charge in [0.1, 0.15) is 5.76 Å². The molecule has 10 heteroatoms. The summed E-state index contributed by atoms with van der Waals surface area (Å²) in [7, 11) is -7.45. The Balaban J connectivity index is 2.40. The highest BCUT2D eigenvalue weighted by atomic mass is 35.5. The molecule has 0 fully saturated rings. The molecule has 2 aromatic carbocycles. The van der Waals surface area contributed by atoms with E-state index in [1.165, 1.54) is 0 Å². The van der Waals surface area contributed by atoms with Gasteiger partial charge < -0.3 is 4.18 Å². The summed E-state index contributed by atoms with van der Waals surface area (Å²) in [4.78, 5) is 1.83. The van der Waals surface area contributed by atoms with E-state index in [-0.39, 0.29) is 18.9 Å². The van der Waals surface area contributed by atoms with Crippen LogP contribution in [0.4, 0.5) is 0 Å². The summed E-state index contributed by atoms with van der Waals surface area (Å²) in [5.74, 6) is 0.00625. The quantitative estimate of drug-likeness (QED) is 0.365. The second kappa shape index (κ2) is 10.4. The lowest BCUT2D eigenvalue weighted by Gasteiger charge is -2.32. The first-order valence-electron chi connectivity index (χ1n) is 8.88. The van der Waals surface area contributed by atoms with E-state index < -0.39 is 26.3 Å². The molecule has 1 atom stereocenters. The first-order chi connectivity index (χ1) is 13.9. The molecule has 0 N–H and O–H groups in total. The lowest BCUT2D eigenvalue weighted by atomic mass is 10.0. The molecule has 7 nitrogen and oxygen atoms in total. The van der Waals surface area contributed by atoms with Crippen molar-refractivity contribution in [3.63, 3.8) is 0 Å². The fourth-order valence-electron chi connectivity index (χ4n) is 2.85. The van der Waals surface area contributed by atoms with Crippen molar-refractivity contribution in [2.45, 2.75) is 12.6 Å². The van der Waals surface area contributed by atoms with Crippen LogP contribution in [0.25, 0.3) is 0 Å². The highest BCUT2D eigenvalue weighted by Gasteiger charge is 2.25. The lowest BCUT2D eigenvalue weighted by molar-refractivity contribution is 0.131. The van der Waals surface area contributed by atoms with Gasteiger partial charge in [-0.25, -0.2) is 0 Å². The Morgan fingerprint density at radius 3 is 2.13 bits per heavy atom. The maximum absolute atomic E-state index is 11.6. The van der Waals surface area contributed by atoms with Crippen LogP contribution in [0.1, 0.15) is 17.2 Å². The van der Waals surface area contributed by atoms with Crippen LogP contribution in [0.15, 0.2) is 66.9 Å². The van der Waals surface area contributed by atoms with E-state index in [0.717, 1.165) is 23.6 Å². The Morgan fingerprint density at radius 2 is 1.60 bits per heavy atom. The largest absolute Gasteiger partial charge is 0.386 e. The molecule has 0 saturated heterocycles. The van der Waals surface area contributed by atoms with E-state index >= 15 is 0 Å². The summed E-state index contributed by atoms with van der Waals surface area (Å²) in [6, 6.07) is 15.8. The van der Waals surface area contributed by atoms with Gasteiger partial charge >= 0.3 is 10.1 Å². The van der Waals surface area contributed by atoms with E-state index in [9.17, 15) is 16.8 Å². The van der Waals surface area contributed by atoms with E-state index in [4.69, 9.17) is 20.0 Å². The monoisotopic (exact) mass is 473 g/mol. The van der Waals surface area contributed by atoms with Gasteiger partial charge in [-0.3, -0.25) is 9.08 Å². The summed E-state index contributed by atoms with van der Waals surface area (Å²) in [6.07, 6.45) is 1.91. The maximum Gasteiger partial charge on any atom is 0.305 e. The van der Waals surface area contributed by atoms with E-state index in [1.807, 2.05) is 35.2 Å². The lowest BCUT2D eigenvalue weighted by Crippen LogP contribution is -2.34. The molecule has 0 aliphatic heterocycles. The number of rotatable bonds is 11. The molecule has 0 unspecified atom stereocenters. The molecular weight excluding hydrogens is 450 g/mol. The van der Waals surface area contributed by atoms with Crippen molar-refractivity contribution in [3.05, 3.63) is 83.1 Å². The van der Waals surface area contributed by atoms with Crippen LogP contribution in [-0.4, -0.2) is 47.4 Å². The topological polar surface area (TPSA) is 90.0 Å². The van der Waals surface area contributed by atoms with E-state index in [0.29, 0.717) is 11.6 Å². The summed E-state index contributed by atoms with van der Waals surface area (Å²) in [5.41, 5.74) is 1.68. The average molecular weight is 474 g/mol. The molecule has 0 aliphatic carbocycles. The highest BCUT2D eigenvalue weighted by Crippen LogP contribution is 2.26. The van der Waals surface area contributed by atoms with Gasteiger partial charge in [-0.15, -0.1) is 0 Å². The van der Waals surface area contributed by atoms with E-state index in [2.05, 4.69) is 6.58 Å². The van der Waals surface area contributed by atoms with Crippen LogP contribution in [0, 0.1) is 0 Å². The van der Waals surface area contributed by atoms with Crippen molar-refractivity contribution >= 4 is 31.8 Å². The van der Waals surface area contributed by atoms with Gasteiger partial charge in [0.25, 0.3) is 10.1 Å². The van der Waals surface area contributed by atoms with Gasteiger partial charge in [0.15, 0.2) is 0 Å². The Morgan fingerprint density at radius 1 is 1.00 bits per heavy atom. The average Bonchev–Trinajstić information content (AvgIpc) is 2.61. The predicted octanol–water partition coefficient (Wildman–Crippen LogP) is 3.35. The number of halogens is 1. The van der Waals surface area contributed by atoms with Crippen molar-refractivity contribution < 1.29 is 25.2 Å². The number of hydrogen-bond acceptors (Lipinski definition) is 7. The SMILES string of the molecule is C=C(CN(Cc1ccccc1)[C@@H](COS(C)(=O)=O)c1ccc(Cl)cc1)OS(C)(=O)=O. The summed E-state index contributed by atoms with van der Waals surface area (Å²) in [5, 5.41) is 0.529. The maximum atomic E-state index is 11.6. The van der Waals surface area contributed by atoms with Gasteiger partial charge in [-0.05, 0) is 23.3 Å². The first kappa shape index (κ1) is 24.4. The minimum absolute atomic E-state index is 0.00625. The zero-order valence-corrected chi connectivity index (χ0v) is 19.1. The zero-order valence-electron chi connectivity index (χ0n) is 16.7.